The molecule has 6 heteroatoms. The molecule has 0 spiro atoms. The molecule has 0 aliphatic carbocycles. The van der Waals surface area contributed by atoms with Crippen molar-refractivity contribution in [3.8, 4) is 6.07 Å². The highest BCUT2D eigenvalue weighted by Gasteiger charge is 2.12. The van der Waals surface area contributed by atoms with Gasteiger partial charge in [-0.1, -0.05) is 304 Å². The van der Waals surface area contributed by atoms with Crippen LogP contribution in [-0.4, -0.2) is 19.6 Å². The molecule has 0 amide bonds. The summed E-state index contributed by atoms with van der Waals surface area (Å²) in [6.07, 6.45) is 8.26. The van der Waals surface area contributed by atoms with Gasteiger partial charge in [0.05, 0.1) is 28.7 Å². The molecule has 10 aromatic rings. The normalized spacial score (nSPS) is 10.6. The average molecular weight is 1360 g/mol. The van der Waals surface area contributed by atoms with Gasteiger partial charge in [0, 0.05) is 11.9 Å². The van der Waals surface area contributed by atoms with Crippen LogP contribution < -0.4 is 0 Å². The fourth-order valence-electron chi connectivity index (χ4n) is 10.5. The van der Waals surface area contributed by atoms with Crippen molar-refractivity contribution in [1.29, 1.82) is 5.26 Å². The Kier molecular flexibility index (Phi) is 42.7. The molecule has 0 fully saturated rings. The summed E-state index contributed by atoms with van der Waals surface area (Å²) in [6.45, 7) is 56.3. The number of fused-ring (bicyclic) bond motifs is 1. The summed E-state index contributed by atoms with van der Waals surface area (Å²) in [5.41, 5.74) is 23.3. The van der Waals surface area contributed by atoms with E-state index >= 15 is 0 Å². The van der Waals surface area contributed by atoms with Gasteiger partial charge in [-0.25, -0.2) is 13.9 Å². The second kappa shape index (κ2) is 48.5. The summed E-state index contributed by atoms with van der Waals surface area (Å²) in [4.78, 5) is 8.73. The average Bonchev–Trinajstić information content (AvgIpc) is 1.66. The van der Waals surface area contributed by atoms with Crippen LogP contribution in [0.4, 0.5) is 4.39 Å². The number of benzene rings is 7. The minimum atomic E-state index is -0.0660. The number of hydrogen-bond acceptors (Lipinski definition) is 4. The maximum absolute atomic E-state index is 13.2. The molecular formula is C95H132FN5. The summed E-state index contributed by atoms with van der Waals surface area (Å²) < 4.78 is 15.2. The molecule has 0 radical (unpaired) electrons. The molecule has 0 atom stereocenters. The molecule has 0 bridgehead atoms. The van der Waals surface area contributed by atoms with E-state index in [9.17, 15) is 4.39 Å². The summed E-state index contributed by atoms with van der Waals surface area (Å²) in [6, 6.07) is 69.1. The molecule has 10 rings (SSSR count). The molecule has 0 aliphatic rings. The maximum atomic E-state index is 13.2. The van der Waals surface area contributed by atoms with E-state index in [0.717, 1.165) is 71.2 Å². The van der Waals surface area contributed by atoms with Crippen LogP contribution in [0.1, 0.15) is 243 Å². The second-order valence-electron chi connectivity index (χ2n) is 30.9. The first-order valence-electron chi connectivity index (χ1n) is 37.4. The Labute approximate surface area is 616 Å². The lowest BCUT2D eigenvalue weighted by molar-refractivity contribution is 0.573. The Bertz CT molecular complexity index is 3720. The van der Waals surface area contributed by atoms with Gasteiger partial charge < -0.3 is 0 Å². The fraction of sp³-hybridized carbons (Fsp3) is 0.432. The quantitative estimate of drug-likeness (QED) is 0.103. The van der Waals surface area contributed by atoms with Gasteiger partial charge in [-0.2, -0.15) is 10.4 Å². The number of rotatable bonds is 15. The molecule has 544 valence electrons. The van der Waals surface area contributed by atoms with Gasteiger partial charge >= 0.3 is 0 Å². The molecule has 3 heterocycles. The lowest BCUT2D eigenvalue weighted by Crippen LogP contribution is -2.03. The Hall–Kier alpha value is -8.27. The van der Waals surface area contributed by atoms with E-state index in [1.165, 1.54) is 85.4 Å². The highest BCUT2D eigenvalue weighted by Crippen LogP contribution is 2.20. The minimum Gasteiger partial charge on any atom is -0.261 e. The van der Waals surface area contributed by atoms with Crippen LogP contribution in [0.3, 0.4) is 0 Å². The van der Waals surface area contributed by atoms with E-state index in [2.05, 4.69) is 315 Å². The van der Waals surface area contributed by atoms with Crippen molar-refractivity contribution < 1.29 is 4.39 Å². The second-order valence-corrected chi connectivity index (χ2v) is 30.9. The third-order valence-corrected chi connectivity index (χ3v) is 16.1. The number of pyridine rings is 1. The molecule has 7 aromatic carbocycles. The van der Waals surface area contributed by atoms with E-state index in [1.54, 1.807) is 6.07 Å². The number of aromatic nitrogens is 4. The zero-order valence-electron chi connectivity index (χ0n) is 67.6. The molecule has 5 nitrogen and oxygen atoms in total. The summed E-state index contributed by atoms with van der Waals surface area (Å²) in [7, 11) is 0. The monoisotopic (exact) mass is 1360 g/mol. The van der Waals surface area contributed by atoms with E-state index in [0.29, 0.717) is 41.4 Å². The van der Waals surface area contributed by atoms with Gasteiger partial charge in [0.1, 0.15) is 5.82 Å². The van der Waals surface area contributed by atoms with Crippen molar-refractivity contribution in [3.05, 3.63) is 307 Å². The van der Waals surface area contributed by atoms with Crippen molar-refractivity contribution in [1.82, 2.24) is 19.6 Å². The van der Waals surface area contributed by atoms with Crippen molar-refractivity contribution in [2.45, 2.75) is 236 Å². The largest absolute Gasteiger partial charge is 0.261 e. The Balaban J connectivity index is 0.000000388. The number of nitriles is 1. The Morgan fingerprint density at radius 2 is 0.762 bits per heavy atom. The van der Waals surface area contributed by atoms with Gasteiger partial charge in [-0.3, -0.25) is 4.98 Å². The van der Waals surface area contributed by atoms with Crippen LogP contribution in [0, 0.1) is 108 Å². The Morgan fingerprint density at radius 3 is 1.12 bits per heavy atom. The number of hydrogen-bond donors (Lipinski definition) is 0. The van der Waals surface area contributed by atoms with Gasteiger partial charge in [-0.15, -0.1) is 0 Å². The number of nitrogens with zero attached hydrogens (tertiary/aromatic N) is 5. The van der Waals surface area contributed by atoms with Crippen molar-refractivity contribution in [3.63, 3.8) is 0 Å². The molecule has 0 N–H and O–H groups in total. The summed E-state index contributed by atoms with van der Waals surface area (Å²) in [5.74, 6) is 5.95. The highest BCUT2D eigenvalue weighted by atomic mass is 19.1. The third kappa shape index (κ3) is 40.1. The lowest BCUT2D eigenvalue weighted by atomic mass is 10.0. The van der Waals surface area contributed by atoms with Gasteiger partial charge in [0.15, 0.2) is 5.65 Å². The SMILES string of the molecule is CC(C)Cc1ccc(C#N)cc1.CC(C)Cc1ccccn1.Cc1ccc(C(C)C)cc1.Cc1ccc(C(C)C)cc1.Cc1ccc(CC(C)C)c(F)c1.Cc1ccc(CC(C)C)cc1.Cc1ccc(CC(C)C)cc1.Cc1ccc2nc(C)c(CC(C)C)n2n1.Cc1cccc(C(C)C)c1. The first-order chi connectivity index (χ1) is 47.6. The van der Waals surface area contributed by atoms with E-state index < -0.39 is 0 Å². The van der Waals surface area contributed by atoms with Crippen LogP contribution in [0.5, 0.6) is 0 Å². The highest BCUT2D eigenvalue weighted by molar-refractivity contribution is 5.42. The van der Waals surface area contributed by atoms with Crippen molar-refractivity contribution in [2.24, 2.45) is 35.5 Å². The van der Waals surface area contributed by atoms with E-state index in [4.69, 9.17) is 5.26 Å². The molecule has 3 aromatic heterocycles. The van der Waals surface area contributed by atoms with Crippen LogP contribution in [0.25, 0.3) is 5.65 Å². The topological polar surface area (TPSA) is 66.9 Å². The first-order valence-corrected chi connectivity index (χ1v) is 37.4. The predicted molar refractivity (Wildman–Crippen MR) is 438 cm³/mol. The molecule has 0 aliphatic heterocycles. The molecule has 0 saturated carbocycles. The number of imidazole rings is 1. The minimum absolute atomic E-state index is 0.0660. The lowest BCUT2D eigenvalue weighted by Gasteiger charge is -2.06. The molecule has 0 saturated heterocycles. The molecule has 101 heavy (non-hydrogen) atoms. The van der Waals surface area contributed by atoms with Gasteiger partial charge in [-0.05, 0) is 234 Å². The molecule has 0 unspecified atom stereocenters. The van der Waals surface area contributed by atoms with Crippen molar-refractivity contribution in [2.75, 3.05) is 0 Å². The third-order valence-electron chi connectivity index (χ3n) is 16.1. The van der Waals surface area contributed by atoms with E-state index in [-0.39, 0.29) is 5.82 Å². The van der Waals surface area contributed by atoms with E-state index in [1.807, 2.05) is 85.2 Å². The van der Waals surface area contributed by atoms with Gasteiger partial charge in [0.25, 0.3) is 0 Å². The predicted octanol–water partition coefficient (Wildman–Crippen LogP) is 26.7. The first kappa shape index (κ1) is 88.8. The smallest absolute Gasteiger partial charge is 0.154 e. The van der Waals surface area contributed by atoms with Crippen LogP contribution in [0.15, 0.2) is 200 Å². The van der Waals surface area contributed by atoms with Gasteiger partial charge in [0.2, 0.25) is 0 Å². The van der Waals surface area contributed by atoms with Crippen molar-refractivity contribution >= 4 is 5.65 Å². The van der Waals surface area contributed by atoms with Crippen LogP contribution in [-0.2, 0) is 38.5 Å². The standard InChI is InChI=1S/C12H17N3.C11H15F.C11H13N.2C11H16.3C10H14.C9H13N/c1-8(2)7-11-10(4)13-12-6-5-9(3)14-15(11)12;1-8(2)6-10-5-4-9(3)7-11(10)12;1-9(2)7-10-3-5-11(8-12)6-4-10;2*1-9(2)8-11-6-4-10(3)5-7-11;2*1-8(2)10-6-4-9(3)5-7-10;1-8(2)10-6-4-5-9(3)7-10;1-8(2)7-9-5-3-4-6-10-9/h5-6,8H,7H2,1-4H3;4-5,7-8H,6H2,1-3H3;3-6,9H,7H2,1-2H3;2*4-7,9H,8H2,1-3H3;3*4-8H,1-3H3;3-6,8H,7H2,1-2H3. The summed E-state index contributed by atoms with van der Waals surface area (Å²) in [5, 5.41) is 13.1. The summed E-state index contributed by atoms with van der Waals surface area (Å²) >= 11 is 0. The van der Waals surface area contributed by atoms with Crippen LogP contribution >= 0.6 is 0 Å². The zero-order chi connectivity index (χ0) is 75.7. The van der Waals surface area contributed by atoms with Crippen LogP contribution in [0.2, 0.25) is 0 Å². The fourth-order valence-corrected chi connectivity index (χ4v) is 10.5. The maximum Gasteiger partial charge on any atom is 0.154 e. The zero-order valence-corrected chi connectivity index (χ0v) is 67.6. The number of halogens is 1. The Morgan fingerprint density at radius 1 is 0.366 bits per heavy atom. The number of aryl methyl sites for hydroxylation is 8. The molecular weight excluding hydrogens is 1230 g/mol.